The smallest absolute Gasteiger partial charge is 0.233 e. The summed E-state index contributed by atoms with van der Waals surface area (Å²) in [7, 11) is 3.32. The Balaban J connectivity index is 1.86. The minimum atomic E-state index is -0.134. The van der Waals surface area contributed by atoms with Gasteiger partial charge in [-0.2, -0.15) is 5.26 Å². The van der Waals surface area contributed by atoms with E-state index in [1.165, 1.54) is 7.11 Å². The van der Waals surface area contributed by atoms with Crippen LogP contribution < -0.4 is 9.64 Å². The molecule has 7 nitrogen and oxygen atoms in total. The van der Waals surface area contributed by atoms with Crippen LogP contribution in [0.5, 0.6) is 5.88 Å². The van der Waals surface area contributed by atoms with Crippen molar-refractivity contribution in [3.8, 4) is 11.9 Å². The summed E-state index contributed by atoms with van der Waals surface area (Å²) in [4.78, 5) is 23.0. The van der Waals surface area contributed by atoms with E-state index in [9.17, 15) is 10.1 Å². The van der Waals surface area contributed by atoms with Crippen molar-refractivity contribution < 1.29 is 9.53 Å². The lowest BCUT2D eigenvalue weighted by Gasteiger charge is -2.34. The maximum atomic E-state index is 12.7. The van der Waals surface area contributed by atoms with Gasteiger partial charge in [-0.1, -0.05) is 0 Å². The number of anilines is 1. The number of aryl methyl sites for hydroxylation is 1. The SMILES string of the molecule is COc1nccc(N2CCC[C@@H](C(=O)c3nccn3C)C2)c1C#N. The first kappa shape index (κ1) is 16.0. The van der Waals surface area contributed by atoms with Gasteiger partial charge in [0, 0.05) is 44.6 Å². The van der Waals surface area contributed by atoms with E-state index in [-0.39, 0.29) is 11.7 Å². The molecular weight excluding hydrogens is 306 g/mol. The fourth-order valence-corrected chi connectivity index (χ4v) is 3.15. The van der Waals surface area contributed by atoms with E-state index in [2.05, 4.69) is 20.9 Å². The predicted molar refractivity (Wildman–Crippen MR) is 88.0 cm³/mol. The average Bonchev–Trinajstić information content (AvgIpc) is 3.06. The zero-order chi connectivity index (χ0) is 17.1. The number of rotatable bonds is 4. The van der Waals surface area contributed by atoms with Gasteiger partial charge in [-0.15, -0.1) is 0 Å². The van der Waals surface area contributed by atoms with Crippen molar-refractivity contribution in [3.05, 3.63) is 36.0 Å². The van der Waals surface area contributed by atoms with E-state index < -0.39 is 0 Å². The molecular formula is C17H19N5O2. The number of nitriles is 1. The molecule has 124 valence electrons. The molecule has 0 radical (unpaired) electrons. The van der Waals surface area contributed by atoms with Crippen LogP contribution in [0, 0.1) is 17.2 Å². The van der Waals surface area contributed by atoms with E-state index in [4.69, 9.17) is 4.74 Å². The van der Waals surface area contributed by atoms with E-state index in [0.717, 1.165) is 25.1 Å². The molecule has 7 heteroatoms. The summed E-state index contributed by atoms with van der Waals surface area (Å²) in [6.45, 7) is 1.36. The highest BCUT2D eigenvalue weighted by molar-refractivity contribution is 5.95. The molecule has 0 saturated carbocycles. The highest BCUT2D eigenvalue weighted by Gasteiger charge is 2.30. The lowest BCUT2D eigenvalue weighted by atomic mass is 9.92. The largest absolute Gasteiger partial charge is 0.480 e. The summed E-state index contributed by atoms with van der Waals surface area (Å²) in [5, 5.41) is 9.45. The number of nitrogens with zero attached hydrogens (tertiary/aromatic N) is 5. The van der Waals surface area contributed by atoms with Crippen LogP contribution >= 0.6 is 0 Å². The predicted octanol–water partition coefficient (Wildman–Crippen LogP) is 1.79. The summed E-state index contributed by atoms with van der Waals surface area (Å²) in [6.07, 6.45) is 6.74. The van der Waals surface area contributed by atoms with E-state index in [1.807, 2.05) is 7.05 Å². The molecule has 1 atom stereocenters. The Morgan fingerprint density at radius 3 is 2.92 bits per heavy atom. The van der Waals surface area contributed by atoms with Crippen molar-refractivity contribution in [2.45, 2.75) is 12.8 Å². The zero-order valence-corrected chi connectivity index (χ0v) is 13.8. The van der Waals surface area contributed by atoms with Crippen molar-refractivity contribution >= 4 is 11.5 Å². The number of ketones is 1. The number of hydrogen-bond acceptors (Lipinski definition) is 6. The highest BCUT2D eigenvalue weighted by atomic mass is 16.5. The first-order valence-electron chi connectivity index (χ1n) is 7.85. The van der Waals surface area contributed by atoms with E-state index in [0.29, 0.717) is 23.8 Å². The Hall–Kier alpha value is -2.88. The van der Waals surface area contributed by atoms with Crippen LogP contribution in [0.2, 0.25) is 0 Å². The minimum absolute atomic E-state index is 0.0479. The molecule has 24 heavy (non-hydrogen) atoms. The van der Waals surface area contributed by atoms with E-state index in [1.54, 1.807) is 29.2 Å². The highest BCUT2D eigenvalue weighted by Crippen LogP contribution is 2.30. The summed E-state index contributed by atoms with van der Waals surface area (Å²) in [5.74, 6) is 0.708. The number of hydrogen-bond donors (Lipinski definition) is 0. The molecule has 0 spiro atoms. The standard InChI is InChI=1S/C17H19N5O2/c1-21-9-7-19-16(21)15(23)12-4-3-8-22(11-12)14-5-6-20-17(24-2)13(14)10-18/h5-7,9,12H,3-4,8,11H2,1-2H3/t12-/m1/s1. The molecule has 0 amide bonds. The molecule has 0 aromatic carbocycles. The Bertz CT molecular complexity index is 793. The summed E-state index contributed by atoms with van der Waals surface area (Å²) in [6, 6.07) is 3.96. The third-order valence-electron chi connectivity index (χ3n) is 4.37. The maximum absolute atomic E-state index is 12.7. The second-order valence-electron chi connectivity index (χ2n) is 5.84. The number of ether oxygens (including phenoxy) is 1. The first-order valence-corrected chi connectivity index (χ1v) is 7.85. The van der Waals surface area contributed by atoms with Crippen molar-refractivity contribution in [2.75, 3.05) is 25.1 Å². The summed E-state index contributed by atoms with van der Waals surface area (Å²) in [5.41, 5.74) is 1.17. The molecule has 3 rings (SSSR count). The third-order valence-corrected chi connectivity index (χ3v) is 4.37. The van der Waals surface area contributed by atoms with Crippen LogP contribution in [-0.4, -0.2) is 40.5 Å². The van der Waals surface area contributed by atoms with Gasteiger partial charge in [0.2, 0.25) is 11.7 Å². The van der Waals surface area contributed by atoms with Gasteiger partial charge in [-0.25, -0.2) is 9.97 Å². The lowest BCUT2D eigenvalue weighted by molar-refractivity contribution is 0.0893. The monoisotopic (exact) mass is 325 g/mol. The maximum Gasteiger partial charge on any atom is 0.233 e. The van der Waals surface area contributed by atoms with Gasteiger partial charge < -0.3 is 14.2 Å². The lowest BCUT2D eigenvalue weighted by Crippen LogP contribution is -2.39. The van der Waals surface area contributed by atoms with Crippen LogP contribution in [0.15, 0.2) is 24.7 Å². The fraction of sp³-hybridized carbons (Fsp3) is 0.412. The molecule has 1 aliphatic heterocycles. The van der Waals surface area contributed by atoms with Gasteiger partial charge >= 0.3 is 0 Å². The van der Waals surface area contributed by atoms with Crippen LogP contribution in [0.4, 0.5) is 5.69 Å². The van der Waals surface area contributed by atoms with Crippen molar-refractivity contribution in [2.24, 2.45) is 13.0 Å². The Morgan fingerprint density at radius 2 is 2.25 bits per heavy atom. The first-order chi connectivity index (χ1) is 11.7. The van der Waals surface area contributed by atoms with Crippen molar-refractivity contribution in [1.29, 1.82) is 5.26 Å². The minimum Gasteiger partial charge on any atom is -0.480 e. The summed E-state index contributed by atoms with van der Waals surface area (Å²) >= 11 is 0. The molecule has 2 aromatic rings. The number of carbonyl (C=O) groups excluding carboxylic acids is 1. The second-order valence-corrected chi connectivity index (χ2v) is 5.84. The van der Waals surface area contributed by atoms with Crippen molar-refractivity contribution in [1.82, 2.24) is 14.5 Å². The Morgan fingerprint density at radius 1 is 1.42 bits per heavy atom. The van der Waals surface area contributed by atoms with Crippen molar-refractivity contribution in [3.63, 3.8) is 0 Å². The number of methoxy groups -OCH3 is 1. The van der Waals surface area contributed by atoms with Crippen LogP contribution in [-0.2, 0) is 7.05 Å². The molecule has 1 saturated heterocycles. The quantitative estimate of drug-likeness (QED) is 0.797. The zero-order valence-electron chi connectivity index (χ0n) is 13.8. The molecule has 0 unspecified atom stereocenters. The molecule has 1 aliphatic rings. The molecule has 0 N–H and O–H groups in total. The van der Waals surface area contributed by atoms with Crippen LogP contribution in [0.25, 0.3) is 0 Å². The van der Waals surface area contributed by atoms with Gasteiger partial charge in [0.25, 0.3) is 0 Å². The number of imidazole rings is 1. The fourth-order valence-electron chi connectivity index (χ4n) is 3.15. The Labute approximate surface area is 140 Å². The van der Waals surface area contributed by atoms with Crippen LogP contribution in [0.3, 0.4) is 0 Å². The van der Waals surface area contributed by atoms with Gasteiger partial charge in [-0.05, 0) is 18.9 Å². The number of Topliss-reactive ketones (excluding diaryl/α,β-unsaturated/α-hetero) is 1. The topological polar surface area (TPSA) is 84.0 Å². The van der Waals surface area contributed by atoms with Gasteiger partial charge in [0.05, 0.1) is 12.8 Å². The molecule has 3 heterocycles. The molecule has 0 bridgehead atoms. The van der Waals surface area contributed by atoms with Gasteiger partial charge in [0.1, 0.15) is 11.6 Å². The average molecular weight is 325 g/mol. The number of carbonyl (C=O) groups is 1. The molecule has 0 aliphatic carbocycles. The van der Waals surface area contributed by atoms with Crippen LogP contribution in [0.1, 0.15) is 29.0 Å². The summed E-state index contributed by atoms with van der Waals surface area (Å²) < 4.78 is 6.92. The molecule has 2 aromatic heterocycles. The second kappa shape index (κ2) is 6.71. The van der Waals surface area contributed by atoms with Gasteiger partial charge in [-0.3, -0.25) is 4.79 Å². The number of pyridine rings is 1. The molecule has 1 fully saturated rings. The normalized spacial score (nSPS) is 17.4. The Kier molecular flexibility index (Phi) is 4.47. The third kappa shape index (κ3) is 2.83. The number of aromatic nitrogens is 3. The number of piperidine rings is 1. The van der Waals surface area contributed by atoms with Gasteiger partial charge in [0.15, 0.2) is 5.82 Å². The van der Waals surface area contributed by atoms with E-state index >= 15 is 0 Å².